The lowest BCUT2D eigenvalue weighted by molar-refractivity contribution is -0.383. The molecule has 0 fully saturated rings. The van der Waals surface area contributed by atoms with Crippen molar-refractivity contribution >= 4 is 27.8 Å². The zero-order chi connectivity index (χ0) is 13.0. The van der Waals surface area contributed by atoms with E-state index in [9.17, 15) is 14.9 Å². The number of Topliss-reactive ketones (excluding diaryl/α,β-unsaturated/α-hetero) is 1. The highest BCUT2D eigenvalue weighted by Crippen LogP contribution is 2.37. The Morgan fingerprint density at radius 1 is 1.65 bits per heavy atom. The van der Waals surface area contributed by atoms with Crippen LogP contribution in [0.2, 0.25) is 0 Å². The first-order valence-corrected chi connectivity index (χ1v) is 5.97. The lowest BCUT2D eigenvalue weighted by Gasteiger charge is -2.18. The van der Waals surface area contributed by atoms with Crippen LogP contribution in [0, 0.1) is 10.1 Å². The fraction of sp³-hybridized carbons (Fsp3) is 0.500. The molecule has 6 nitrogen and oxygen atoms in total. The first-order valence-electron chi connectivity index (χ1n) is 5.16. The summed E-state index contributed by atoms with van der Waals surface area (Å²) in [6, 6.07) is 1.29. The second-order valence-corrected chi connectivity index (χ2v) is 4.45. The number of likely N-dealkylation sites (N-methyl/N-ethyl adjacent to an activating group) is 1. The molecule has 17 heavy (non-hydrogen) atoms. The third-order valence-corrected chi connectivity index (χ3v) is 3.56. The van der Waals surface area contributed by atoms with Crippen LogP contribution < -0.4 is 4.90 Å². The predicted octanol–water partition coefficient (Wildman–Crippen LogP) is 1.68. The van der Waals surface area contributed by atoms with Gasteiger partial charge in [0.05, 0.1) is 16.4 Å². The zero-order valence-corrected chi connectivity index (χ0v) is 10.5. The van der Waals surface area contributed by atoms with Crippen molar-refractivity contribution < 1.29 is 14.8 Å². The fourth-order valence-electron chi connectivity index (χ4n) is 1.43. The van der Waals surface area contributed by atoms with Gasteiger partial charge in [0.15, 0.2) is 10.8 Å². The molecule has 0 unspecified atom stereocenters. The van der Waals surface area contributed by atoms with Crippen LogP contribution in [0.1, 0.15) is 23.5 Å². The van der Waals surface area contributed by atoms with Gasteiger partial charge in [-0.2, -0.15) is 0 Å². The summed E-state index contributed by atoms with van der Waals surface area (Å²) in [5.74, 6) is -0.190. The highest BCUT2D eigenvalue weighted by Gasteiger charge is 2.24. The van der Waals surface area contributed by atoms with Crippen molar-refractivity contribution in [1.29, 1.82) is 0 Å². The van der Waals surface area contributed by atoms with Crippen LogP contribution in [-0.2, 0) is 0 Å². The molecule has 0 saturated heterocycles. The Morgan fingerprint density at radius 2 is 2.29 bits per heavy atom. The van der Waals surface area contributed by atoms with Gasteiger partial charge in [-0.1, -0.05) is 0 Å². The van der Waals surface area contributed by atoms with Gasteiger partial charge in [-0.25, -0.2) is 0 Å². The Hall–Kier alpha value is -1.47. The number of aliphatic hydroxyl groups is 1. The van der Waals surface area contributed by atoms with Crippen molar-refractivity contribution in [3.63, 3.8) is 0 Å². The van der Waals surface area contributed by atoms with Crippen molar-refractivity contribution in [1.82, 2.24) is 0 Å². The van der Waals surface area contributed by atoms with E-state index in [1.54, 1.807) is 4.90 Å². The second-order valence-electron chi connectivity index (χ2n) is 3.42. The molecule has 0 bridgehead atoms. The SMILES string of the molecule is CCN(CCO)c1sc(C(C)=O)cc1[N+](=O)[O-]. The van der Waals surface area contributed by atoms with Gasteiger partial charge in [0, 0.05) is 19.2 Å². The summed E-state index contributed by atoms with van der Waals surface area (Å²) < 4.78 is 0. The van der Waals surface area contributed by atoms with Gasteiger partial charge >= 0.3 is 5.69 Å². The number of nitrogens with zero attached hydrogens (tertiary/aromatic N) is 2. The maximum Gasteiger partial charge on any atom is 0.304 e. The standard InChI is InChI=1S/C10H14N2O4S/c1-3-11(4-5-13)10-8(12(15)16)6-9(17-10)7(2)14/h6,13H,3-5H2,1-2H3. The average molecular weight is 258 g/mol. The van der Waals surface area contributed by atoms with Gasteiger partial charge < -0.3 is 10.0 Å². The van der Waals surface area contributed by atoms with Crippen LogP contribution in [-0.4, -0.2) is 35.5 Å². The second kappa shape index (κ2) is 5.74. The van der Waals surface area contributed by atoms with Crippen LogP contribution in [0.5, 0.6) is 0 Å². The van der Waals surface area contributed by atoms with Gasteiger partial charge in [0.25, 0.3) is 0 Å². The highest BCUT2D eigenvalue weighted by molar-refractivity contribution is 7.18. The predicted molar refractivity (Wildman–Crippen MR) is 66.0 cm³/mol. The summed E-state index contributed by atoms with van der Waals surface area (Å²) in [5, 5.41) is 20.2. The molecule has 0 atom stereocenters. The Balaban J connectivity index is 3.19. The molecular weight excluding hydrogens is 244 g/mol. The monoisotopic (exact) mass is 258 g/mol. The minimum Gasteiger partial charge on any atom is -0.395 e. The van der Waals surface area contributed by atoms with Crippen LogP contribution in [0.25, 0.3) is 0 Å². The minimum absolute atomic E-state index is 0.0736. The third kappa shape index (κ3) is 3.01. The van der Waals surface area contributed by atoms with Crippen LogP contribution in [0.3, 0.4) is 0 Å². The lowest BCUT2D eigenvalue weighted by atomic mass is 10.3. The summed E-state index contributed by atoms with van der Waals surface area (Å²) >= 11 is 1.09. The van der Waals surface area contributed by atoms with E-state index in [0.717, 1.165) is 11.3 Å². The maximum atomic E-state index is 11.2. The van der Waals surface area contributed by atoms with Crippen molar-refractivity contribution in [3.05, 3.63) is 21.1 Å². The van der Waals surface area contributed by atoms with E-state index in [1.807, 2.05) is 6.92 Å². The van der Waals surface area contributed by atoms with Gasteiger partial charge in [-0.05, 0) is 13.8 Å². The summed E-state index contributed by atoms with van der Waals surface area (Å²) in [6.45, 7) is 3.99. The van der Waals surface area contributed by atoms with Crippen molar-refractivity contribution in [2.75, 3.05) is 24.6 Å². The molecule has 1 aromatic heterocycles. The number of carbonyl (C=O) groups excluding carboxylic acids is 1. The number of nitro groups is 1. The largest absolute Gasteiger partial charge is 0.395 e. The van der Waals surface area contributed by atoms with E-state index in [4.69, 9.17) is 5.11 Å². The highest BCUT2D eigenvalue weighted by atomic mass is 32.1. The summed E-state index contributed by atoms with van der Waals surface area (Å²) in [6.07, 6.45) is 0. The van der Waals surface area contributed by atoms with Crippen LogP contribution in [0.15, 0.2) is 6.07 Å². The van der Waals surface area contributed by atoms with Crippen molar-refractivity contribution in [2.45, 2.75) is 13.8 Å². The molecule has 1 N–H and O–H groups in total. The smallest absolute Gasteiger partial charge is 0.304 e. The molecule has 0 aliphatic carbocycles. The van der Waals surface area contributed by atoms with E-state index < -0.39 is 4.92 Å². The van der Waals surface area contributed by atoms with Gasteiger partial charge in [-0.15, -0.1) is 11.3 Å². The maximum absolute atomic E-state index is 11.2. The van der Waals surface area contributed by atoms with Gasteiger partial charge in [0.1, 0.15) is 0 Å². The molecule has 0 saturated carbocycles. The molecule has 1 aromatic rings. The molecule has 0 aromatic carbocycles. The van der Waals surface area contributed by atoms with E-state index in [1.165, 1.54) is 13.0 Å². The zero-order valence-electron chi connectivity index (χ0n) is 9.67. The Morgan fingerprint density at radius 3 is 2.71 bits per heavy atom. The quantitative estimate of drug-likeness (QED) is 0.477. The normalized spacial score (nSPS) is 10.3. The van der Waals surface area contributed by atoms with E-state index in [0.29, 0.717) is 23.0 Å². The summed E-state index contributed by atoms with van der Waals surface area (Å²) in [5.41, 5.74) is -0.0736. The molecular formula is C10H14N2O4S. The lowest BCUT2D eigenvalue weighted by Crippen LogP contribution is -2.25. The third-order valence-electron chi connectivity index (χ3n) is 2.28. The molecule has 0 spiro atoms. The Labute approximate surface area is 103 Å². The van der Waals surface area contributed by atoms with Gasteiger partial charge in [0.2, 0.25) is 0 Å². The average Bonchev–Trinajstić information content (AvgIpc) is 2.70. The van der Waals surface area contributed by atoms with Gasteiger partial charge in [-0.3, -0.25) is 14.9 Å². The van der Waals surface area contributed by atoms with E-state index in [2.05, 4.69) is 0 Å². The number of hydrogen-bond donors (Lipinski definition) is 1. The van der Waals surface area contributed by atoms with Crippen molar-refractivity contribution in [3.8, 4) is 0 Å². The molecule has 1 heterocycles. The number of anilines is 1. The summed E-state index contributed by atoms with van der Waals surface area (Å²) in [4.78, 5) is 23.7. The number of ketones is 1. The topological polar surface area (TPSA) is 83.7 Å². The molecule has 94 valence electrons. The molecule has 0 radical (unpaired) electrons. The number of aliphatic hydroxyl groups excluding tert-OH is 1. The molecule has 1 rings (SSSR count). The number of carbonyl (C=O) groups is 1. The molecule has 0 amide bonds. The number of hydrogen-bond acceptors (Lipinski definition) is 6. The molecule has 0 aliphatic heterocycles. The fourth-order valence-corrected chi connectivity index (χ4v) is 2.54. The Bertz CT molecular complexity index is 430. The molecule has 7 heteroatoms. The van der Waals surface area contributed by atoms with Crippen molar-refractivity contribution in [2.24, 2.45) is 0 Å². The first kappa shape index (κ1) is 13.6. The Kier molecular flexibility index (Phi) is 4.59. The number of thiophene rings is 1. The number of rotatable bonds is 6. The van der Waals surface area contributed by atoms with Crippen LogP contribution >= 0.6 is 11.3 Å². The summed E-state index contributed by atoms with van der Waals surface area (Å²) in [7, 11) is 0. The van der Waals surface area contributed by atoms with E-state index >= 15 is 0 Å². The minimum atomic E-state index is -0.502. The van der Waals surface area contributed by atoms with E-state index in [-0.39, 0.29) is 18.1 Å². The first-order chi connectivity index (χ1) is 8.01. The van der Waals surface area contributed by atoms with Crippen LogP contribution in [0.4, 0.5) is 10.7 Å². The molecule has 0 aliphatic rings.